The summed E-state index contributed by atoms with van der Waals surface area (Å²) in [5, 5.41) is 5.46. The first-order valence-corrected chi connectivity index (χ1v) is 15.0. The Morgan fingerprint density at radius 1 is 1.03 bits per heavy atom. The van der Waals surface area contributed by atoms with Gasteiger partial charge in [-0.25, -0.2) is 18.4 Å². The minimum Gasteiger partial charge on any atom is -0.475 e. The number of fused-ring (bicyclic) bond motifs is 1. The van der Waals surface area contributed by atoms with Crippen molar-refractivity contribution in [3.05, 3.63) is 54.6 Å². The molecule has 5 rings (SSSR count). The third-order valence-electron chi connectivity index (χ3n) is 7.48. The van der Waals surface area contributed by atoms with Crippen LogP contribution in [0.25, 0.3) is 28.0 Å². The third kappa shape index (κ3) is 6.15. The molecule has 1 fully saturated rings. The second kappa shape index (κ2) is 11.1. The Morgan fingerprint density at radius 3 is 2.49 bits per heavy atom. The fourth-order valence-corrected chi connectivity index (χ4v) is 6.22. The van der Waals surface area contributed by atoms with Crippen LogP contribution >= 0.6 is 0 Å². The van der Waals surface area contributed by atoms with Gasteiger partial charge in [-0.15, -0.1) is 0 Å². The van der Waals surface area contributed by atoms with Gasteiger partial charge in [0.05, 0.1) is 35.7 Å². The lowest BCUT2D eigenvalue weighted by atomic mass is 9.93. The van der Waals surface area contributed by atoms with Crippen LogP contribution in [0.5, 0.6) is 5.88 Å². The zero-order valence-electron chi connectivity index (χ0n) is 23.0. The number of sulfone groups is 1. The third-order valence-corrected chi connectivity index (χ3v) is 9.09. The van der Waals surface area contributed by atoms with Crippen molar-refractivity contribution in [2.45, 2.75) is 32.2 Å². The monoisotopic (exact) mass is 552 g/mol. The summed E-state index contributed by atoms with van der Waals surface area (Å²) in [6.07, 6.45) is 9.48. The smallest absolute Gasteiger partial charge is 0.213 e. The molecule has 0 radical (unpaired) electrons. The molecule has 0 unspecified atom stereocenters. The van der Waals surface area contributed by atoms with Gasteiger partial charge in [0.25, 0.3) is 0 Å². The van der Waals surface area contributed by atoms with Crippen LogP contribution in [0.1, 0.15) is 25.8 Å². The zero-order valence-corrected chi connectivity index (χ0v) is 23.8. The molecular formula is C28H36N6O4S. The minimum atomic E-state index is -2.91. The molecule has 4 aromatic heterocycles. The molecule has 1 aliphatic rings. The highest BCUT2D eigenvalue weighted by atomic mass is 32.2. The van der Waals surface area contributed by atoms with Gasteiger partial charge in [-0.3, -0.25) is 14.1 Å². The molecule has 1 saturated heterocycles. The van der Waals surface area contributed by atoms with Gasteiger partial charge < -0.3 is 9.47 Å². The van der Waals surface area contributed by atoms with Gasteiger partial charge in [0, 0.05) is 68.4 Å². The van der Waals surface area contributed by atoms with E-state index in [2.05, 4.69) is 45.7 Å². The van der Waals surface area contributed by atoms with Crippen molar-refractivity contribution >= 4 is 20.9 Å². The van der Waals surface area contributed by atoms with E-state index in [0.717, 1.165) is 40.8 Å². The molecule has 0 bridgehead atoms. The number of ether oxygens (including phenoxy) is 2. The molecule has 1 aliphatic heterocycles. The summed E-state index contributed by atoms with van der Waals surface area (Å²) in [7, 11) is 0.629. The molecule has 39 heavy (non-hydrogen) atoms. The van der Waals surface area contributed by atoms with Gasteiger partial charge in [0.15, 0.2) is 9.84 Å². The average Bonchev–Trinajstić information content (AvgIpc) is 3.50. The molecular weight excluding hydrogens is 516 g/mol. The molecule has 0 saturated carbocycles. The van der Waals surface area contributed by atoms with Gasteiger partial charge in [0.1, 0.15) is 12.3 Å². The van der Waals surface area contributed by atoms with Gasteiger partial charge in [-0.1, -0.05) is 0 Å². The molecule has 11 heteroatoms. The lowest BCUT2D eigenvalue weighted by Crippen LogP contribution is -2.51. The first-order chi connectivity index (χ1) is 18.6. The normalized spacial score (nSPS) is 16.1. The SMILES string of the molecule is COCCOc1ccc(-c2ccc3c(CCC(C)(C)N4CCS(=O)(=O)CC4)cn(-c4cnn(C)c4)c3n2)cn1. The minimum absolute atomic E-state index is 0.120. The molecule has 0 aliphatic carbocycles. The molecule has 4 aromatic rings. The predicted octanol–water partition coefficient (Wildman–Crippen LogP) is 3.29. The van der Waals surface area contributed by atoms with E-state index in [1.807, 2.05) is 37.6 Å². The van der Waals surface area contributed by atoms with Crippen molar-refractivity contribution in [2.24, 2.45) is 7.05 Å². The zero-order chi connectivity index (χ0) is 27.6. The number of hydrogen-bond donors (Lipinski definition) is 0. The van der Waals surface area contributed by atoms with E-state index < -0.39 is 9.84 Å². The molecule has 0 spiro atoms. The predicted molar refractivity (Wildman–Crippen MR) is 151 cm³/mol. The van der Waals surface area contributed by atoms with Crippen molar-refractivity contribution in [1.82, 2.24) is 29.2 Å². The fraction of sp³-hybridized carbons (Fsp3) is 0.464. The van der Waals surface area contributed by atoms with Crippen molar-refractivity contribution in [1.29, 1.82) is 0 Å². The molecule has 0 atom stereocenters. The Balaban J connectivity index is 1.42. The van der Waals surface area contributed by atoms with Crippen LogP contribution in [-0.4, -0.2) is 88.1 Å². The Labute approximate surface area is 229 Å². The number of nitrogens with zero attached hydrogens (tertiary/aromatic N) is 6. The number of pyridine rings is 2. The van der Waals surface area contributed by atoms with Gasteiger partial charge in [-0.05, 0) is 50.5 Å². The summed E-state index contributed by atoms with van der Waals surface area (Å²) in [6, 6.07) is 7.96. The number of hydrogen-bond acceptors (Lipinski definition) is 8. The maximum absolute atomic E-state index is 11.9. The molecule has 0 amide bonds. The summed E-state index contributed by atoms with van der Waals surface area (Å²) >= 11 is 0. The average molecular weight is 553 g/mol. The molecule has 208 valence electrons. The van der Waals surface area contributed by atoms with Crippen LogP contribution in [0.15, 0.2) is 49.1 Å². The first-order valence-electron chi connectivity index (χ1n) is 13.2. The highest BCUT2D eigenvalue weighted by Gasteiger charge is 2.32. The van der Waals surface area contributed by atoms with Crippen LogP contribution in [0.2, 0.25) is 0 Å². The highest BCUT2D eigenvalue weighted by molar-refractivity contribution is 7.91. The lowest BCUT2D eigenvalue weighted by molar-refractivity contribution is 0.123. The second-order valence-electron chi connectivity index (χ2n) is 10.6. The van der Waals surface area contributed by atoms with E-state index in [9.17, 15) is 8.42 Å². The number of aryl methyl sites for hydroxylation is 2. The van der Waals surface area contributed by atoms with Crippen molar-refractivity contribution < 1.29 is 17.9 Å². The summed E-state index contributed by atoms with van der Waals surface area (Å²) in [4.78, 5) is 11.8. The van der Waals surface area contributed by atoms with E-state index in [0.29, 0.717) is 32.2 Å². The van der Waals surface area contributed by atoms with E-state index in [4.69, 9.17) is 14.5 Å². The lowest BCUT2D eigenvalue weighted by Gasteiger charge is -2.41. The quantitative estimate of drug-likeness (QED) is 0.276. The van der Waals surface area contributed by atoms with Gasteiger partial charge in [0.2, 0.25) is 5.88 Å². The Morgan fingerprint density at radius 2 is 1.82 bits per heavy atom. The molecule has 10 nitrogen and oxygen atoms in total. The molecule has 0 N–H and O–H groups in total. The Hall–Kier alpha value is -3.28. The molecule has 5 heterocycles. The van der Waals surface area contributed by atoms with Crippen LogP contribution < -0.4 is 4.74 Å². The Kier molecular flexibility index (Phi) is 7.75. The number of rotatable bonds is 10. The standard InChI is InChI=1S/C28H36N6O4S/c1-28(2,33-11-15-39(35,36)16-12-33)10-9-22-19-34(23-18-30-32(3)20-23)27-24(22)6-7-25(31-27)21-5-8-26(29-17-21)38-14-13-37-4/h5-8,17-20H,9-16H2,1-4H3. The van der Waals surface area contributed by atoms with Crippen LogP contribution in [0, 0.1) is 0 Å². The summed E-state index contributed by atoms with van der Waals surface area (Å²) < 4.78 is 38.4. The van der Waals surface area contributed by atoms with Crippen molar-refractivity contribution in [3.63, 3.8) is 0 Å². The summed E-state index contributed by atoms with van der Waals surface area (Å²) in [6.45, 7) is 6.53. The van der Waals surface area contributed by atoms with Crippen LogP contribution in [-0.2, 0) is 28.0 Å². The van der Waals surface area contributed by atoms with Gasteiger partial charge >= 0.3 is 0 Å². The fourth-order valence-electron chi connectivity index (χ4n) is 5.02. The summed E-state index contributed by atoms with van der Waals surface area (Å²) in [5.74, 6) is 1.02. The van der Waals surface area contributed by atoms with Crippen molar-refractivity contribution in [2.75, 3.05) is 44.9 Å². The second-order valence-corrected chi connectivity index (χ2v) is 12.9. The maximum Gasteiger partial charge on any atom is 0.213 e. The van der Waals surface area contributed by atoms with E-state index in [1.165, 1.54) is 5.56 Å². The van der Waals surface area contributed by atoms with Crippen molar-refractivity contribution in [3.8, 4) is 22.8 Å². The molecule has 0 aromatic carbocycles. The Bertz CT molecular complexity index is 1530. The number of methoxy groups -OCH3 is 1. The maximum atomic E-state index is 11.9. The first kappa shape index (κ1) is 27.3. The largest absolute Gasteiger partial charge is 0.475 e. The van der Waals surface area contributed by atoms with Crippen LogP contribution in [0.3, 0.4) is 0 Å². The van der Waals surface area contributed by atoms with Crippen LogP contribution in [0.4, 0.5) is 0 Å². The van der Waals surface area contributed by atoms with E-state index in [1.54, 1.807) is 18.0 Å². The summed E-state index contributed by atoms with van der Waals surface area (Å²) in [5.41, 5.74) is 4.60. The van der Waals surface area contributed by atoms with E-state index in [-0.39, 0.29) is 17.0 Å². The van der Waals surface area contributed by atoms with Gasteiger partial charge in [-0.2, -0.15) is 5.10 Å². The number of aromatic nitrogens is 5. The topological polar surface area (TPSA) is 104 Å². The highest BCUT2D eigenvalue weighted by Crippen LogP contribution is 2.31. The van der Waals surface area contributed by atoms with E-state index >= 15 is 0 Å².